The molecule has 0 atom stereocenters. The molecule has 8 heteroatoms. The molecule has 0 radical (unpaired) electrons. The number of benzene rings is 2. The van der Waals surface area contributed by atoms with Crippen LogP contribution < -0.4 is 14.8 Å². The van der Waals surface area contributed by atoms with Crippen LogP contribution in [0, 0.1) is 0 Å². The van der Waals surface area contributed by atoms with Gasteiger partial charge in [-0.25, -0.2) is 13.1 Å². The van der Waals surface area contributed by atoms with E-state index in [1.807, 2.05) is 0 Å². The minimum Gasteiger partial charge on any atom is -0.495 e. The quantitative estimate of drug-likeness (QED) is 0.723. The number of anilines is 1. The lowest BCUT2D eigenvalue weighted by molar-refractivity contribution is 0.102. The molecule has 0 aliphatic carbocycles. The molecule has 2 N–H and O–H groups in total. The molecule has 0 bridgehead atoms. The van der Waals surface area contributed by atoms with Gasteiger partial charge in [0.1, 0.15) is 5.75 Å². The van der Waals surface area contributed by atoms with Gasteiger partial charge in [0.2, 0.25) is 10.0 Å². The number of ether oxygens (including phenoxy) is 1. The number of carbonyl (C=O) groups excluding carboxylic acids is 1. The Balaban J connectivity index is 2.19. The number of sulfonamides is 1. The summed E-state index contributed by atoms with van der Waals surface area (Å²) in [6.45, 7) is 3.58. The maximum atomic E-state index is 12.3. The number of amides is 1. The van der Waals surface area contributed by atoms with E-state index in [2.05, 4.69) is 16.6 Å². The van der Waals surface area contributed by atoms with Crippen LogP contribution in [0.15, 0.2) is 60.0 Å². The van der Waals surface area contributed by atoms with Crippen molar-refractivity contribution >= 4 is 33.2 Å². The van der Waals surface area contributed by atoms with E-state index < -0.39 is 15.9 Å². The molecular weight excluding hydrogens is 364 g/mol. The second-order valence-electron chi connectivity index (χ2n) is 4.96. The van der Waals surface area contributed by atoms with Crippen LogP contribution >= 0.6 is 11.6 Å². The molecule has 132 valence electrons. The molecule has 2 rings (SSSR count). The maximum absolute atomic E-state index is 12.3. The van der Waals surface area contributed by atoms with Crippen molar-refractivity contribution in [3.05, 3.63) is 65.7 Å². The Labute approximate surface area is 151 Å². The van der Waals surface area contributed by atoms with Gasteiger partial charge in [-0.1, -0.05) is 17.7 Å². The van der Waals surface area contributed by atoms with Gasteiger partial charge in [-0.2, -0.15) is 0 Å². The number of halogens is 1. The molecule has 0 aliphatic rings. The van der Waals surface area contributed by atoms with Crippen LogP contribution in [0.25, 0.3) is 0 Å². The summed E-state index contributed by atoms with van der Waals surface area (Å²) < 4.78 is 31.5. The highest BCUT2D eigenvalue weighted by Crippen LogP contribution is 2.28. The third kappa shape index (κ3) is 4.82. The van der Waals surface area contributed by atoms with Crippen LogP contribution in [0.2, 0.25) is 5.02 Å². The number of nitrogens with one attached hydrogen (secondary N) is 2. The van der Waals surface area contributed by atoms with Crippen molar-refractivity contribution in [2.45, 2.75) is 4.90 Å². The monoisotopic (exact) mass is 380 g/mol. The minimum atomic E-state index is -3.63. The highest BCUT2D eigenvalue weighted by molar-refractivity contribution is 7.89. The molecule has 6 nitrogen and oxygen atoms in total. The van der Waals surface area contributed by atoms with Crippen molar-refractivity contribution in [1.82, 2.24) is 4.72 Å². The second kappa shape index (κ2) is 8.15. The van der Waals surface area contributed by atoms with Gasteiger partial charge in [0.05, 0.1) is 17.7 Å². The van der Waals surface area contributed by atoms with Crippen molar-refractivity contribution in [2.75, 3.05) is 19.0 Å². The van der Waals surface area contributed by atoms with Crippen LogP contribution in [-0.2, 0) is 10.0 Å². The van der Waals surface area contributed by atoms with Gasteiger partial charge < -0.3 is 10.1 Å². The predicted molar refractivity (Wildman–Crippen MR) is 97.8 cm³/mol. The topological polar surface area (TPSA) is 84.5 Å². The molecule has 0 aromatic heterocycles. The Morgan fingerprint density at radius 2 is 1.92 bits per heavy atom. The van der Waals surface area contributed by atoms with Gasteiger partial charge in [0, 0.05) is 17.1 Å². The van der Waals surface area contributed by atoms with E-state index in [0.717, 1.165) is 0 Å². The van der Waals surface area contributed by atoms with E-state index in [-0.39, 0.29) is 11.4 Å². The fourth-order valence-corrected chi connectivity index (χ4v) is 3.18. The SMILES string of the molecule is C=CCNS(=O)(=O)c1ccc(C(=O)Nc2cc(Cl)ccc2OC)cc1. The summed E-state index contributed by atoms with van der Waals surface area (Å²) in [5.41, 5.74) is 0.717. The van der Waals surface area contributed by atoms with Gasteiger partial charge >= 0.3 is 0 Å². The first-order valence-corrected chi connectivity index (χ1v) is 9.09. The Kier molecular flexibility index (Phi) is 6.19. The van der Waals surface area contributed by atoms with Crippen LogP contribution in [0.4, 0.5) is 5.69 Å². The summed E-state index contributed by atoms with van der Waals surface area (Å²) >= 11 is 5.93. The van der Waals surface area contributed by atoms with Crippen molar-refractivity contribution < 1.29 is 17.9 Å². The Bertz CT molecular complexity index is 880. The van der Waals surface area contributed by atoms with E-state index in [9.17, 15) is 13.2 Å². The first-order valence-electron chi connectivity index (χ1n) is 7.23. The van der Waals surface area contributed by atoms with Crippen molar-refractivity contribution in [2.24, 2.45) is 0 Å². The maximum Gasteiger partial charge on any atom is 0.255 e. The number of carbonyl (C=O) groups is 1. The predicted octanol–water partition coefficient (Wildman–Crippen LogP) is 3.07. The number of hydrogen-bond acceptors (Lipinski definition) is 4. The van der Waals surface area contributed by atoms with Crippen LogP contribution in [0.5, 0.6) is 5.75 Å². The summed E-state index contributed by atoms with van der Waals surface area (Å²) in [7, 11) is -2.15. The van der Waals surface area contributed by atoms with Crippen LogP contribution in [0.1, 0.15) is 10.4 Å². The fourth-order valence-electron chi connectivity index (χ4n) is 2.01. The summed E-state index contributed by atoms with van der Waals surface area (Å²) in [4.78, 5) is 12.4. The van der Waals surface area contributed by atoms with Crippen LogP contribution in [-0.4, -0.2) is 28.0 Å². The lowest BCUT2D eigenvalue weighted by atomic mass is 10.2. The van der Waals surface area contributed by atoms with Crippen molar-refractivity contribution in [1.29, 1.82) is 0 Å². The smallest absolute Gasteiger partial charge is 0.255 e. The Morgan fingerprint density at radius 3 is 2.52 bits per heavy atom. The number of hydrogen-bond donors (Lipinski definition) is 2. The standard InChI is InChI=1S/C17H17ClN2O4S/c1-3-10-19-25(22,23)14-7-4-12(5-8-14)17(21)20-15-11-13(18)6-9-16(15)24-2/h3-9,11,19H,1,10H2,2H3,(H,20,21). The zero-order valence-electron chi connectivity index (χ0n) is 13.5. The number of methoxy groups -OCH3 is 1. The lowest BCUT2D eigenvalue weighted by Crippen LogP contribution is -2.23. The molecule has 0 unspecified atom stereocenters. The average molecular weight is 381 g/mol. The van der Waals surface area contributed by atoms with E-state index in [4.69, 9.17) is 16.3 Å². The molecule has 2 aromatic carbocycles. The van der Waals surface area contributed by atoms with Gasteiger partial charge in [-0.05, 0) is 42.5 Å². The summed E-state index contributed by atoms with van der Waals surface area (Å²) in [6, 6.07) is 10.4. The molecule has 2 aromatic rings. The summed E-state index contributed by atoms with van der Waals surface area (Å²) in [5.74, 6) is 0.0501. The Morgan fingerprint density at radius 1 is 1.24 bits per heavy atom. The fraction of sp³-hybridized carbons (Fsp3) is 0.118. The van der Waals surface area contributed by atoms with Gasteiger partial charge in [0.25, 0.3) is 5.91 Å². The third-order valence-electron chi connectivity index (χ3n) is 3.25. The first-order chi connectivity index (χ1) is 11.9. The van der Waals surface area contributed by atoms with Crippen molar-refractivity contribution in [3.8, 4) is 5.75 Å². The zero-order valence-corrected chi connectivity index (χ0v) is 15.0. The van der Waals surface area contributed by atoms with Gasteiger partial charge in [-0.15, -0.1) is 6.58 Å². The number of rotatable bonds is 7. The molecule has 1 amide bonds. The average Bonchev–Trinajstić information content (AvgIpc) is 2.60. The van der Waals surface area contributed by atoms with Gasteiger partial charge in [-0.3, -0.25) is 4.79 Å². The molecule has 0 spiro atoms. The minimum absolute atomic E-state index is 0.0613. The molecular formula is C17H17ClN2O4S. The highest BCUT2D eigenvalue weighted by atomic mass is 35.5. The molecule has 0 heterocycles. The zero-order chi connectivity index (χ0) is 18.4. The van der Waals surface area contributed by atoms with E-state index in [0.29, 0.717) is 22.0 Å². The summed E-state index contributed by atoms with van der Waals surface area (Å²) in [5, 5.41) is 3.13. The van der Waals surface area contributed by atoms with Gasteiger partial charge in [0.15, 0.2) is 0 Å². The van der Waals surface area contributed by atoms with E-state index >= 15 is 0 Å². The largest absolute Gasteiger partial charge is 0.495 e. The van der Waals surface area contributed by atoms with E-state index in [1.165, 1.54) is 37.5 Å². The summed E-state index contributed by atoms with van der Waals surface area (Å²) in [6.07, 6.45) is 1.44. The Hall–Kier alpha value is -2.35. The first kappa shape index (κ1) is 19.0. The lowest BCUT2D eigenvalue weighted by Gasteiger charge is -2.11. The molecule has 0 saturated carbocycles. The molecule has 0 fully saturated rings. The van der Waals surface area contributed by atoms with E-state index in [1.54, 1.807) is 18.2 Å². The molecule has 0 aliphatic heterocycles. The molecule has 25 heavy (non-hydrogen) atoms. The van der Waals surface area contributed by atoms with Crippen molar-refractivity contribution in [3.63, 3.8) is 0 Å². The van der Waals surface area contributed by atoms with Crippen LogP contribution in [0.3, 0.4) is 0 Å². The molecule has 0 saturated heterocycles. The second-order valence-corrected chi connectivity index (χ2v) is 7.17. The normalized spacial score (nSPS) is 11.0. The highest BCUT2D eigenvalue weighted by Gasteiger charge is 2.15. The third-order valence-corrected chi connectivity index (χ3v) is 4.93.